The molecule has 1 amide bonds. The first-order chi connectivity index (χ1) is 11.0. The largest absolute Gasteiger partial charge is 0.352 e. The van der Waals surface area contributed by atoms with E-state index in [1.54, 1.807) is 29.8 Å². The molecule has 1 unspecified atom stereocenters. The van der Waals surface area contributed by atoms with E-state index in [1.807, 2.05) is 0 Å². The molecule has 2 heterocycles. The second-order valence-electron chi connectivity index (χ2n) is 5.49. The number of aryl methyl sites for hydroxylation is 1. The summed E-state index contributed by atoms with van der Waals surface area (Å²) in [6, 6.07) is 6.00. The number of thioether (sulfide) groups is 1. The van der Waals surface area contributed by atoms with Crippen molar-refractivity contribution in [1.29, 1.82) is 0 Å². The fourth-order valence-corrected chi connectivity index (χ4v) is 3.44. The quantitative estimate of drug-likeness (QED) is 0.869. The molecule has 1 aliphatic rings. The molecule has 1 aliphatic heterocycles. The minimum Gasteiger partial charge on any atom is -0.352 e. The van der Waals surface area contributed by atoms with Crippen LogP contribution in [0.3, 0.4) is 0 Å². The van der Waals surface area contributed by atoms with Crippen LogP contribution in [0.1, 0.15) is 11.1 Å². The van der Waals surface area contributed by atoms with Crippen LogP contribution in [0.2, 0.25) is 0 Å². The molecule has 2 aromatic rings. The van der Waals surface area contributed by atoms with Crippen LogP contribution in [0.4, 0.5) is 4.39 Å². The smallest absolute Gasteiger partial charge is 0.257 e. The maximum Gasteiger partial charge on any atom is 0.257 e. The van der Waals surface area contributed by atoms with Gasteiger partial charge in [0, 0.05) is 30.6 Å². The Hall–Kier alpha value is -2.15. The number of rotatable bonds is 3. The zero-order valence-corrected chi connectivity index (χ0v) is 13.4. The van der Waals surface area contributed by atoms with Gasteiger partial charge in [-0.15, -0.1) is 0 Å². The Balaban J connectivity index is 1.66. The molecule has 3 rings (SSSR count). The topological polar surface area (TPSA) is 64.0 Å². The van der Waals surface area contributed by atoms with Crippen molar-refractivity contribution < 1.29 is 9.18 Å². The van der Waals surface area contributed by atoms with Gasteiger partial charge in [0.1, 0.15) is 5.82 Å². The number of nitrogens with zero attached hydrogens (tertiary/aromatic N) is 2. The van der Waals surface area contributed by atoms with Crippen LogP contribution in [0.5, 0.6) is 0 Å². The third-order valence-electron chi connectivity index (χ3n) is 3.75. The summed E-state index contributed by atoms with van der Waals surface area (Å²) in [7, 11) is 0. The molecule has 0 radical (unpaired) electrons. The van der Waals surface area contributed by atoms with Crippen LogP contribution in [-0.4, -0.2) is 21.2 Å². The van der Waals surface area contributed by atoms with Gasteiger partial charge in [0.2, 0.25) is 5.91 Å². The second kappa shape index (κ2) is 6.54. The first-order valence-corrected chi connectivity index (χ1v) is 8.24. The van der Waals surface area contributed by atoms with E-state index in [1.165, 1.54) is 23.9 Å². The molecule has 0 spiro atoms. The summed E-state index contributed by atoms with van der Waals surface area (Å²) in [5, 5.41) is 3.50. The number of hydrogen-bond donors (Lipinski definition) is 1. The molecule has 0 bridgehead atoms. The van der Waals surface area contributed by atoms with E-state index >= 15 is 0 Å². The molecule has 5 nitrogen and oxygen atoms in total. The van der Waals surface area contributed by atoms with Crippen molar-refractivity contribution in [1.82, 2.24) is 14.9 Å². The van der Waals surface area contributed by atoms with Gasteiger partial charge < -0.3 is 5.32 Å². The van der Waals surface area contributed by atoms with Crippen molar-refractivity contribution >= 4 is 17.7 Å². The van der Waals surface area contributed by atoms with E-state index in [0.717, 1.165) is 5.56 Å². The molecule has 1 aromatic carbocycles. The highest BCUT2D eigenvalue weighted by molar-refractivity contribution is 7.99. The minimum atomic E-state index is -0.303. The molecule has 0 fully saturated rings. The number of carbonyl (C=O) groups is 1. The first-order valence-electron chi connectivity index (χ1n) is 7.26. The minimum absolute atomic E-state index is 0.0986. The molecule has 0 saturated heterocycles. The van der Waals surface area contributed by atoms with Crippen LogP contribution < -0.4 is 10.9 Å². The van der Waals surface area contributed by atoms with Gasteiger partial charge in [-0.1, -0.05) is 23.9 Å². The number of hydrogen-bond acceptors (Lipinski definition) is 4. The number of nitrogens with one attached hydrogen (secondary N) is 1. The maximum atomic E-state index is 12.9. The third kappa shape index (κ3) is 3.44. The van der Waals surface area contributed by atoms with Crippen molar-refractivity contribution in [3.63, 3.8) is 0 Å². The van der Waals surface area contributed by atoms with Crippen LogP contribution >= 0.6 is 11.8 Å². The van der Waals surface area contributed by atoms with Crippen LogP contribution in [0.25, 0.3) is 0 Å². The van der Waals surface area contributed by atoms with Gasteiger partial charge in [-0.2, -0.15) is 0 Å². The Labute approximate surface area is 136 Å². The van der Waals surface area contributed by atoms with Crippen LogP contribution in [-0.2, 0) is 17.9 Å². The summed E-state index contributed by atoms with van der Waals surface area (Å²) in [6.45, 7) is 2.39. The molecule has 23 heavy (non-hydrogen) atoms. The van der Waals surface area contributed by atoms with Crippen LogP contribution in [0, 0.1) is 18.7 Å². The van der Waals surface area contributed by atoms with Crippen molar-refractivity contribution in [2.75, 3.05) is 5.75 Å². The predicted octanol–water partition coefficient (Wildman–Crippen LogP) is 1.73. The van der Waals surface area contributed by atoms with Gasteiger partial charge in [0.15, 0.2) is 5.16 Å². The average Bonchev–Trinajstić information content (AvgIpc) is 2.57. The summed E-state index contributed by atoms with van der Waals surface area (Å²) in [4.78, 5) is 28.7. The highest BCUT2D eigenvalue weighted by Gasteiger charge is 2.26. The van der Waals surface area contributed by atoms with E-state index in [0.29, 0.717) is 29.6 Å². The van der Waals surface area contributed by atoms with E-state index in [2.05, 4.69) is 10.3 Å². The Kier molecular flexibility index (Phi) is 4.47. The van der Waals surface area contributed by atoms with Crippen molar-refractivity contribution in [3.05, 3.63) is 57.8 Å². The molecule has 0 saturated carbocycles. The van der Waals surface area contributed by atoms with Gasteiger partial charge >= 0.3 is 0 Å². The molecule has 7 heteroatoms. The number of amides is 1. The zero-order valence-electron chi connectivity index (χ0n) is 12.6. The molecular weight excluding hydrogens is 317 g/mol. The Morgan fingerprint density at radius 1 is 1.43 bits per heavy atom. The van der Waals surface area contributed by atoms with Gasteiger partial charge in [-0.25, -0.2) is 9.37 Å². The van der Waals surface area contributed by atoms with E-state index in [-0.39, 0.29) is 23.2 Å². The average molecular weight is 333 g/mol. The fourth-order valence-electron chi connectivity index (χ4n) is 2.40. The number of halogens is 1. The SMILES string of the molecule is Cc1cnc2n(c1=O)CC(C(=O)NCc1ccc(F)cc1)CS2. The molecule has 1 aromatic heterocycles. The molecular formula is C16H16FN3O2S. The van der Waals surface area contributed by atoms with Crippen LogP contribution in [0.15, 0.2) is 40.4 Å². The molecule has 0 aliphatic carbocycles. The summed E-state index contributed by atoms with van der Waals surface area (Å²) in [5.74, 6) is -0.108. The standard InChI is InChI=1S/C16H16FN3O2S/c1-10-6-19-16-20(15(10)22)8-12(9-23-16)14(21)18-7-11-2-4-13(17)5-3-11/h2-6,12H,7-9H2,1H3,(H,18,21). The molecule has 120 valence electrons. The fraction of sp³-hybridized carbons (Fsp3) is 0.312. The number of benzene rings is 1. The number of carbonyl (C=O) groups excluding carboxylic acids is 1. The van der Waals surface area contributed by atoms with E-state index < -0.39 is 0 Å². The van der Waals surface area contributed by atoms with Gasteiger partial charge in [-0.3, -0.25) is 14.2 Å². The predicted molar refractivity (Wildman–Crippen MR) is 85.7 cm³/mol. The first kappa shape index (κ1) is 15.7. The Morgan fingerprint density at radius 3 is 2.91 bits per heavy atom. The van der Waals surface area contributed by atoms with Gasteiger partial charge in [0.05, 0.1) is 5.92 Å². The Bertz CT molecular complexity index is 789. The van der Waals surface area contributed by atoms with E-state index in [9.17, 15) is 14.0 Å². The molecule has 1 atom stereocenters. The normalized spacial score (nSPS) is 16.7. The lowest BCUT2D eigenvalue weighted by Gasteiger charge is -2.24. The summed E-state index contributed by atoms with van der Waals surface area (Å²) in [5.41, 5.74) is 1.30. The third-order valence-corrected chi connectivity index (χ3v) is 4.90. The molecule has 1 N–H and O–H groups in total. The monoisotopic (exact) mass is 333 g/mol. The Morgan fingerprint density at radius 2 is 2.17 bits per heavy atom. The highest BCUT2D eigenvalue weighted by Crippen LogP contribution is 2.24. The van der Waals surface area contributed by atoms with Crippen molar-refractivity contribution in [2.24, 2.45) is 5.92 Å². The lowest BCUT2D eigenvalue weighted by Crippen LogP contribution is -2.40. The second-order valence-corrected chi connectivity index (χ2v) is 6.48. The van der Waals surface area contributed by atoms with Crippen molar-refractivity contribution in [2.45, 2.75) is 25.2 Å². The van der Waals surface area contributed by atoms with Gasteiger partial charge in [-0.05, 0) is 24.6 Å². The summed E-state index contributed by atoms with van der Waals surface area (Å²) < 4.78 is 14.4. The van der Waals surface area contributed by atoms with Gasteiger partial charge in [0.25, 0.3) is 5.56 Å². The van der Waals surface area contributed by atoms with E-state index in [4.69, 9.17) is 0 Å². The summed E-state index contributed by atoms with van der Waals surface area (Å²) >= 11 is 1.41. The summed E-state index contributed by atoms with van der Waals surface area (Å²) in [6.07, 6.45) is 1.57. The van der Waals surface area contributed by atoms with Crippen molar-refractivity contribution in [3.8, 4) is 0 Å². The zero-order chi connectivity index (χ0) is 16.4. The maximum absolute atomic E-state index is 12.9. The number of fused-ring (bicyclic) bond motifs is 1. The lowest BCUT2D eigenvalue weighted by atomic mass is 10.1. The number of aromatic nitrogens is 2. The highest BCUT2D eigenvalue weighted by atomic mass is 32.2. The lowest BCUT2D eigenvalue weighted by molar-refractivity contribution is -0.125.